The van der Waals surface area contributed by atoms with Crippen molar-refractivity contribution in [2.24, 2.45) is 0 Å². The molecule has 0 atom stereocenters. The second kappa shape index (κ2) is 7.51. The molecule has 1 amide bonds. The molecule has 1 aliphatic rings. The molecule has 4 nitrogen and oxygen atoms in total. The lowest BCUT2D eigenvalue weighted by atomic mass is 10.1. The van der Waals surface area contributed by atoms with Crippen LogP contribution in [0.2, 0.25) is 0 Å². The molecule has 1 heterocycles. The van der Waals surface area contributed by atoms with E-state index >= 15 is 0 Å². The number of para-hydroxylation sites is 1. The Kier molecular flexibility index (Phi) is 5.17. The van der Waals surface area contributed by atoms with Crippen LogP contribution in [0.1, 0.15) is 11.1 Å². The first-order valence-corrected chi connectivity index (χ1v) is 8.48. The maximum atomic E-state index is 11.9. The van der Waals surface area contributed by atoms with Crippen molar-refractivity contribution in [3.05, 3.63) is 64.6 Å². The summed E-state index contributed by atoms with van der Waals surface area (Å²) >= 11 is 6.26. The number of carbonyl (C=O) groups is 1. The second-order valence-corrected chi connectivity index (χ2v) is 6.72. The molecule has 1 N–H and O–H groups in total. The van der Waals surface area contributed by atoms with E-state index in [-0.39, 0.29) is 5.91 Å². The molecule has 0 bridgehead atoms. The van der Waals surface area contributed by atoms with Gasteiger partial charge in [-0.15, -0.1) is 0 Å². The Bertz CT molecular complexity index is 803. The number of carbonyl (C=O) groups excluding carboxylic acids is 1. The molecule has 0 saturated carbocycles. The molecule has 0 radical (unpaired) electrons. The number of nitrogens with one attached hydrogen (secondary N) is 1. The summed E-state index contributed by atoms with van der Waals surface area (Å²) in [6.07, 6.45) is 1.77. The Morgan fingerprint density at radius 3 is 2.62 bits per heavy atom. The molecule has 0 aliphatic carbocycles. The third-order valence-corrected chi connectivity index (χ3v) is 4.55. The standard InChI is InChI=1S/C18H15NO3S2/c1-21-14-9-5-8-13(10-15-17(20)19-18(23)24-15)16(14)22-11-12-6-3-2-4-7-12/h2-10H,11H2,1H3,(H,19,20,23)/b15-10-. The highest BCUT2D eigenvalue weighted by Gasteiger charge is 2.23. The highest BCUT2D eigenvalue weighted by Crippen LogP contribution is 2.35. The number of rotatable bonds is 5. The van der Waals surface area contributed by atoms with Gasteiger partial charge >= 0.3 is 0 Å². The van der Waals surface area contributed by atoms with Crippen molar-refractivity contribution in [1.29, 1.82) is 0 Å². The zero-order valence-electron chi connectivity index (χ0n) is 12.9. The lowest BCUT2D eigenvalue weighted by Gasteiger charge is -2.13. The van der Waals surface area contributed by atoms with Crippen molar-refractivity contribution in [2.75, 3.05) is 7.11 Å². The third kappa shape index (κ3) is 3.77. The van der Waals surface area contributed by atoms with Gasteiger partial charge in [-0.3, -0.25) is 4.79 Å². The minimum atomic E-state index is -0.193. The van der Waals surface area contributed by atoms with E-state index in [1.165, 1.54) is 11.8 Å². The fraction of sp³-hybridized carbons (Fsp3) is 0.111. The van der Waals surface area contributed by atoms with Crippen LogP contribution in [0.3, 0.4) is 0 Å². The first-order valence-electron chi connectivity index (χ1n) is 7.26. The smallest absolute Gasteiger partial charge is 0.263 e. The summed E-state index contributed by atoms with van der Waals surface area (Å²) in [7, 11) is 1.59. The van der Waals surface area contributed by atoms with Crippen molar-refractivity contribution < 1.29 is 14.3 Å². The van der Waals surface area contributed by atoms with E-state index in [0.29, 0.717) is 27.3 Å². The van der Waals surface area contributed by atoms with Gasteiger partial charge in [-0.1, -0.05) is 66.4 Å². The minimum Gasteiger partial charge on any atom is -0.493 e. The average Bonchev–Trinajstić information content (AvgIpc) is 2.91. The molecule has 24 heavy (non-hydrogen) atoms. The number of thiocarbonyl (C=S) groups is 1. The van der Waals surface area contributed by atoms with Gasteiger partial charge in [0, 0.05) is 5.56 Å². The van der Waals surface area contributed by atoms with Gasteiger partial charge in [0.15, 0.2) is 11.5 Å². The molecule has 1 saturated heterocycles. The van der Waals surface area contributed by atoms with Crippen LogP contribution >= 0.6 is 24.0 Å². The van der Waals surface area contributed by atoms with Gasteiger partial charge in [0.2, 0.25) is 0 Å². The fourth-order valence-corrected chi connectivity index (χ4v) is 3.29. The molecule has 2 aromatic rings. The molecule has 0 unspecified atom stereocenters. The van der Waals surface area contributed by atoms with Gasteiger partial charge in [-0.2, -0.15) is 0 Å². The summed E-state index contributed by atoms with van der Waals surface area (Å²) in [4.78, 5) is 12.4. The Labute approximate surface area is 149 Å². The Hall–Kier alpha value is -2.31. The predicted molar refractivity (Wildman–Crippen MR) is 100 cm³/mol. The number of benzene rings is 2. The van der Waals surface area contributed by atoms with Crippen molar-refractivity contribution >= 4 is 40.3 Å². The van der Waals surface area contributed by atoms with Crippen LogP contribution in [0.4, 0.5) is 0 Å². The number of hydrogen-bond acceptors (Lipinski definition) is 5. The average molecular weight is 357 g/mol. The van der Waals surface area contributed by atoms with Gasteiger partial charge in [0.1, 0.15) is 10.9 Å². The molecule has 122 valence electrons. The molecule has 6 heteroatoms. The van der Waals surface area contributed by atoms with Crippen LogP contribution in [-0.2, 0) is 11.4 Å². The molecule has 1 fully saturated rings. The zero-order valence-corrected chi connectivity index (χ0v) is 14.6. The summed E-state index contributed by atoms with van der Waals surface area (Å²) in [5, 5.41) is 2.61. The van der Waals surface area contributed by atoms with Crippen molar-refractivity contribution in [2.45, 2.75) is 6.61 Å². The number of hydrogen-bond donors (Lipinski definition) is 1. The fourth-order valence-electron chi connectivity index (χ4n) is 2.25. The van der Waals surface area contributed by atoms with Gasteiger partial charge < -0.3 is 14.8 Å². The largest absolute Gasteiger partial charge is 0.493 e. The lowest BCUT2D eigenvalue weighted by molar-refractivity contribution is -0.115. The lowest BCUT2D eigenvalue weighted by Crippen LogP contribution is -2.17. The highest BCUT2D eigenvalue weighted by molar-refractivity contribution is 8.26. The van der Waals surface area contributed by atoms with Gasteiger partial charge in [-0.05, 0) is 17.7 Å². The first kappa shape index (κ1) is 16.5. The molecular weight excluding hydrogens is 342 g/mol. The Balaban J connectivity index is 1.90. The SMILES string of the molecule is COc1cccc(/C=C2\SC(=S)NC2=O)c1OCc1ccccc1. The molecule has 1 aliphatic heterocycles. The van der Waals surface area contributed by atoms with Crippen LogP contribution in [0.5, 0.6) is 11.5 Å². The third-order valence-electron chi connectivity index (χ3n) is 3.38. The second-order valence-electron chi connectivity index (χ2n) is 5.01. The van der Waals surface area contributed by atoms with E-state index in [2.05, 4.69) is 5.32 Å². The maximum Gasteiger partial charge on any atom is 0.263 e. The summed E-state index contributed by atoms with van der Waals surface area (Å²) in [6, 6.07) is 15.4. The van der Waals surface area contributed by atoms with E-state index in [9.17, 15) is 4.79 Å². The van der Waals surface area contributed by atoms with E-state index < -0.39 is 0 Å². The topological polar surface area (TPSA) is 47.6 Å². The molecule has 0 aromatic heterocycles. The van der Waals surface area contributed by atoms with Gasteiger partial charge in [-0.25, -0.2) is 0 Å². The monoisotopic (exact) mass is 357 g/mol. The number of amides is 1. The molecule has 3 rings (SSSR count). The molecule has 0 spiro atoms. The van der Waals surface area contributed by atoms with Crippen LogP contribution in [0, 0.1) is 0 Å². The van der Waals surface area contributed by atoms with Crippen molar-refractivity contribution in [3.63, 3.8) is 0 Å². The summed E-state index contributed by atoms with van der Waals surface area (Å²) < 4.78 is 11.8. The Morgan fingerprint density at radius 2 is 1.96 bits per heavy atom. The van der Waals surface area contributed by atoms with Crippen molar-refractivity contribution in [1.82, 2.24) is 5.32 Å². The maximum absolute atomic E-state index is 11.9. The highest BCUT2D eigenvalue weighted by atomic mass is 32.2. The number of ether oxygens (including phenoxy) is 2. The van der Waals surface area contributed by atoms with Gasteiger partial charge in [0.25, 0.3) is 5.91 Å². The van der Waals surface area contributed by atoms with Crippen LogP contribution in [0.15, 0.2) is 53.4 Å². The minimum absolute atomic E-state index is 0.193. The molecule has 2 aromatic carbocycles. The number of thioether (sulfide) groups is 1. The van der Waals surface area contributed by atoms with E-state index in [1.54, 1.807) is 13.2 Å². The first-order chi connectivity index (χ1) is 11.7. The Morgan fingerprint density at radius 1 is 1.17 bits per heavy atom. The van der Waals surface area contributed by atoms with Gasteiger partial charge in [0.05, 0.1) is 12.0 Å². The van der Waals surface area contributed by atoms with Crippen LogP contribution in [0.25, 0.3) is 6.08 Å². The normalized spacial score (nSPS) is 15.5. The van der Waals surface area contributed by atoms with Crippen molar-refractivity contribution in [3.8, 4) is 11.5 Å². The summed E-state index contributed by atoms with van der Waals surface area (Å²) in [6.45, 7) is 0.412. The van der Waals surface area contributed by atoms with Crippen LogP contribution in [-0.4, -0.2) is 17.3 Å². The van der Waals surface area contributed by atoms with E-state index in [1.807, 2.05) is 48.5 Å². The summed E-state index contributed by atoms with van der Waals surface area (Å²) in [5.74, 6) is 1.02. The van der Waals surface area contributed by atoms with E-state index in [0.717, 1.165) is 11.1 Å². The quantitative estimate of drug-likeness (QED) is 0.652. The van der Waals surface area contributed by atoms with E-state index in [4.69, 9.17) is 21.7 Å². The molecular formula is C18H15NO3S2. The van der Waals surface area contributed by atoms with Crippen LogP contribution < -0.4 is 14.8 Å². The predicted octanol–water partition coefficient (Wildman–Crippen LogP) is 3.76. The summed E-state index contributed by atoms with van der Waals surface area (Å²) in [5.41, 5.74) is 1.82. The zero-order chi connectivity index (χ0) is 16.9. The number of methoxy groups -OCH3 is 1.